The van der Waals surface area contributed by atoms with Crippen LogP contribution < -0.4 is 4.90 Å². The van der Waals surface area contributed by atoms with Crippen LogP contribution in [0.25, 0.3) is 5.43 Å². The van der Waals surface area contributed by atoms with E-state index in [-0.39, 0.29) is 0 Å². The van der Waals surface area contributed by atoms with E-state index in [2.05, 4.69) is 47.4 Å². The van der Waals surface area contributed by atoms with E-state index in [4.69, 9.17) is 10.5 Å². The molecule has 1 fully saturated rings. The molecule has 34 heavy (non-hydrogen) atoms. The molecular formula is C29H23N5. The molecule has 2 heterocycles. The molecule has 0 aliphatic carbocycles. The average molecular weight is 442 g/mol. The highest BCUT2D eigenvalue weighted by Gasteiger charge is 2.68. The predicted octanol–water partition coefficient (Wildman–Crippen LogP) is 6.49. The maximum absolute atomic E-state index is 10.5. The second kappa shape index (κ2) is 7.86. The van der Waals surface area contributed by atoms with E-state index in [9.17, 15) is 5.26 Å². The number of fused-ring (bicyclic) bond motifs is 1. The van der Waals surface area contributed by atoms with Crippen molar-refractivity contribution < 1.29 is 4.81 Å². The number of hydrogen-bond acceptors (Lipinski definition) is 3. The zero-order chi connectivity index (χ0) is 23.0. The van der Waals surface area contributed by atoms with Gasteiger partial charge in [0.25, 0.3) is 0 Å². The lowest BCUT2D eigenvalue weighted by Gasteiger charge is -2.46. The molecule has 4 aromatic carbocycles. The van der Waals surface area contributed by atoms with Gasteiger partial charge in [0.1, 0.15) is 11.2 Å². The smallest absolute Gasteiger partial charge is 0.225 e. The van der Waals surface area contributed by atoms with Crippen molar-refractivity contribution >= 4 is 11.4 Å². The third-order valence-electron chi connectivity index (χ3n) is 6.88. The van der Waals surface area contributed by atoms with E-state index in [1.54, 1.807) is 4.81 Å². The Morgan fingerprint density at radius 1 is 0.765 bits per heavy atom. The Kier molecular flexibility index (Phi) is 4.67. The van der Waals surface area contributed by atoms with Crippen molar-refractivity contribution in [3.05, 3.63) is 138 Å². The fraction of sp³-hybridized carbons (Fsp3) is 0.138. The van der Waals surface area contributed by atoms with Gasteiger partial charge in [-0.3, -0.25) is 0 Å². The van der Waals surface area contributed by atoms with E-state index in [0.717, 1.165) is 22.5 Å². The molecule has 1 saturated heterocycles. The minimum Gasteiger partial charge on any atom is -0.355 e. The molecule has 0 radical (unpaired) electrons. The maximum atomic E-state index is 10.5. The van der Waals surface area contributed by atoms with E-state index >= 15 is 0 Å². The second-order valence-corrected chi connectivity index (χ2v) is 8.62. The molecule has 4 aromatic rings. The van der Waals surface area contributed by atoms with Crippen LogP contribution in [0.15, 0.2) is 126 Å². The number of anilines is 1. The summed E-state index contributed by atoms with van der Waals surface area (Å²) in [4.78, 5) is 4.00. The van der Waals surface area contributed by atoms with Gasteiger partial charge in [-0.05, 0) is 23.3 Å². The molecular weight excluding hydrogens is 418 g/mol. The SMILES string of the molecule is N#C[C@H]1CN(c2ccccc2)[C@]2(c3ccccc3)[N-][N+](c3ccccc3)=N[C@]12c1ccccc1. The molecule has 0 unspecified atom stereocenters. The van der Waals surface area contributed by atoms with E-state index in [1.165, 1.54) is 0 Å². The molecule has 5 nitrogen and oxygen atoms in total. The Hall–Kier alpha value is -4.43. The monoisotopic (exact) mass is 441 g/mol. The fourth-order valence-electron chi connectivity index (χ4n) is 5.44. The van der Waals surface area contributed by atoms with E-state index < -0.39 is 17.1 Å². The Bertz CT molecular complexity index is 1370. The predicted molar refractivity (Wildman–Crippen MR) is 131 cm³/mol. The second-order valence-electron chi connectivity index (χ2n) is 8.62. The van der Waals surface area contributed by atoms with Crippen LogP contribution in [0.5, 0.6) is 0 Å². The highest BCUT2D eigenvalue weighted by atomic mass is 15.7. The zero-order valence-electron chi connectivity index (χ0n) is 18.6. The number of benzene rings is 4. The standard InChI is InChI=1S/C29H23N5/c30-21-25-22-33(26-17-9-3-10-18-26)29(24-15-7-2-8-16-24)28(25,23-13-5-1-6-14-23)31-34(32-29)27-19-11-4-12-20-27/h1-20,25H,22H2/t25-,28+,29-/m0/s1. The van der Waals surface area contributed by atoms with Gasteiger partial charge in [0.15, 0.2) is 0 Å². The molecule has 5 heteroatoms. The van der Waals surface area contributed by atoms with Crippen LogP contribution in [0.1, 0.15) is 11.1 Å². The highest BCUT2D eigenvalue weighted by molar-refractivity contribution is 5.62. The largest absolute Gasteiger partial charge is 0.355 e. The molecule has 6 rings (SSSR count). The van der Waals surface area contributed by atoms with Gasteiger partial charge in [-0.25, -0.2) is 0 Å². The topological polar surface area (TPSA) is 56.5 Å². The van der Waals surface area contributed by atoms with Crippen molar-refractivity contribution in [2.75, 3.05) is 11.4 Å². The molecule has 2 aliphatic rings. The molecule has 3 atom stereocenters. The van der Waals surface area contributed by atoms with E-state index in [0.29, 0.717) is 6.54 Å². The van der Waals surface area contributed by atoms with Gasteiger partial charge in [0, 0.05) is 24.4 Å². The highest BCUT2D eigenvalue weighted by Crippen LogP contribution is 2.64. The molecule has 0 saturated carbocycles. The Balaban J connectivity index is 1.70. The Labute approximate surface area is 199 Å². The fourth-order valence-corrected chi connectivity index (χ4v) is 5.44. The number of para-hydroxylation sites is 2. The average Bonchev–Trinajstić information content (AvgIpc) is 3.42. The van der Waals surface area contributed by atoms with Crippen molar-refractivity contribution in [2.24, 2.45) is 11.0 Å². The molecule has 164 valence electrons. The minimum absolute atomic E-state index is 0.423. The van der Waals surface area contributed by atoms with Gasteiger partial charge in [-0.15, -0.1) is 4.81 Å². The molecule has 0 N–H and O–H groups in total. The first-order chi connectivity index (χ1) is 16.8. The Morgan fingerprint density at radius 3 is 1.88 bits per heavy atom. The summed E-state index contributed by atoms with van der Waals surface area (Å²) in [6.07, 6.45) is 0. The number of rotatable bonds is 4. The minimum atomic E-state index is -0.937. The third-order valence-corrected chi connectivity index (χ3v) is 6.88. The van der Waals surface area contributed by atoms with Gasteiger partial charge in [-0.2, -0.15) is 15.8 Å². The lowest BCUT2D eigenvalue weighted by atomic mass is 9.71. The molecule has 2 aliphatic heterocycles. The van der Waals surface area contributed by atoms with Crippen molar-refractivity contribution in [3.8, 4) is 6.07 Å². The van der Waals surface area contributed by atoms with Gasteiger partial charge < -0.3 is 4.90 Å². The summed E-state index contributed by atoms with van der Waals surface area (Å²) in [5.74, 6) is -0.423. The van der Waals surface area contributed by atoms with Crippen LogP contribution in [-0.2, 0) is 11.2 Å². The molecule has 0 aromatic heterocycles. The summed E-state index contributed by atoms with van der Waals surface area (Å²) in [7, 11) is 0. The van der Waals surface area contributed by atoms with Crippen LogP contribution in [-0.4, -0.2) is 11.4 Å². The van der Waals surface area contributed by atoms with Gasteiger partial charge >= 0.3 is 0 Å². The first-order valence-corrected chi connectivity index (χ1v) is 11.4. The van der Waals surface area contributed by atoms with Gasteiger partial charge in [-0.1, -0.05) is 97.1 Å². The lowest BCUT2D eigenvalue weighted by Crippen LogP contribution is -2.51. The van der Waals surface area contributed by atoms with Crippen molar-refractivity contribution in [2.45, 2.75) is 11.2 Å². The quantitative estimate of drug-likeness (QED) is 0.340. The van der Waals surface area contributed by atoms with Gasteiger partial charge in [0.05, 0.1) is 12.0 Å². The number of nitrogens with zero attached hydrogens (tertiary/aromatic N) is 5. The van der Waals surface area contributed by atoms with E-state index in [1.807, 2.05) is 84.9 Å². The number of azo groups is 1. The summed E-state index contributed by atoms with van der Waals surface area (Å²) in [6.45, 7) is 0.514. The van der Waals surface area contributed by atoms with Crippen molar-refractivity contribution in [1.82, 2.24) is 0 Å². The normalized spacial score (nSPS) is 25.2. The van der Waals surface area contributed by atoms with Crippen molar-refractivity contribution in [1.29, 1.82) is 5.26 Å². The van der Waals surface area contributed by atoms with Crippen LogP contribution in [0, 0.1) is 17.2 Å². The summed E-state index contributed by atoms with van der Waals surface area (Å²) < 4.78 is 0. The third kappa shape index (κ3) is 2.72. The summed E-state index contributed by atoms with van der Waals surface area (Å²) in [6, 6.07) is 43.2. The molecule has 0 bridgehead atoms. The first-order valence-electron chi connectivity index (χ1n) is 11.4. The number of nitriles is 1. The van der Waals surface area contributed by atoms with Crippen molar-refractivity contribution in [3.63, 3.8) is 0 Å². The summed E-state index contributed by atoms with van der Waals surface area (Å²) in [5.41, 5.74) is 7.36. The summed E-state index contributed by atoms with van der Waals surface area (Å²) in [5, 5.41) is 15.8. The van der Waals surface area contributed by atoms with Gasteiger partial charge in [0.2, 0.25) is 5.69 Å². The van der Waals surface area contributed by atoms with Crippen LogP contribution in [0.4, 0.5) is 11.4 Å². The molecule has 0 amide bonds. The summed E-state index contributed by atoms with van der Waals surface area (Å²) >= 11 is 0. The van der Waals surface area contributed by atoms with Crippen LogP contribution in [0.2, 0.25) is 0 Å². The van der Waals surface area contributed by atoms with Crippen LogP contribution >= 0.6 is 0 Å². The van der Waals surface area contributed by atoms with Crippen LogP contribution in [0.3, 0.4) is 0 Å². The lowest BCUT2D eigenvalue weighted by molar-refractivity contribution is -0.458. The number of hydrogen-bond donors (Lipinski definition) is 0. The Morgan fingerprint density at radius 2 is 1.29 bits per heavy atom. The molecule has 0 spiro atoms. The maximum Gasteiger partial charge on any atom is 0.225 e. The first kappa shape index (κ1) is 20.2. The zero-order valence-corrected chi connectivity index (χ0v) is 18.6.